The minimum absolute atomic E-state index is 0.142. The van der Waals surface area contributed by atoms with Gasteiger partial charge < -0.3 is 14.6 Å². The van der Waals surface area contributed by atoms with Crippen molar-refractivity contribution in [3.63, 3.8) is 0 Å². The number of halogens is 1. The van der Waals surface area contributed by atoms with Crippen LogP contribution in [-0.4, -0.2) is 34.7 Å². The van der Waals surface area contributed by atoms with Gasteiger partial charge in [-0.1, -0.05) is 55.3 Å². The molecule has 0 aliphatic carbocycles. The van der Waals surface area contributed by atoms with Gasteiger partial charge in [0, 0.05) is 17.8 Å². The maximum Gasteiger partial charge on any atom is 0.322 e. The van der Waals surface area contributed by atoms with Gasteiger partial charge in [0.2, 0.25) is 5.82 Å². The number of amides is 2. The summed E-state index contributed by atoms with van der Waals surface area (Å²) in [5, 5.41) is 7.17. The Bertz CT molecular complexity index is 1160. The summed E-state index contributed by atoms with van der Waals surface area (Å²) in [5.41, 5.74) is 2.87. The summed E-state index contributed by atoms with van der Waals surface area (Å²) in [7, 11) is 1.41. The van der Waals surface area contributed by atoms with E-state index in [-0.39, 0.29) is 23.5 Å². The van der Waals surface area contributed by atoms with Gasteiger partial charge in [-0.15, -0.1) is 0 Å². The minimum Gasteiger partial charge on any atom is -0.494 e. The third-order valence-electron chi connectivity index (χ3n) is 5.78. The second-order valence-electron chi connectivity index (χ2n) is 7.92. The normalized spacial score (nSPS) is 16.2. The Morgan fingerprint density at radius 1 is 1.18 bits per heavy atom. The molecule has 0 fully saturated rings. The SMILES string of the molecule is CCCCCN1C(=O)NC(c2ccccc2)C(c2nc(-c3ccc(OC)c(F)c3)no2)=C1C. The fourth-order valence-electron chi connectivity index (χ4n) is 4.00. The van der Waals surface area contributed by atoms with Crippen molar-refractivity contribution in [1.29, 1.82) is 0 Å². The van der Waals surface area contributed by atoms with Crippen molar-refractivity contribution >= 4 is 11.6 Å². The first-order valence-corrected chi connectivity index (χ1v) is 11.0. The number of urea groups is 1. The topological polar surface area (TPSA) is 80.5 Å². The van der Waals surface area contributed by atoms with Crippen molar-refractivity contribution in [3.8, 4) is 17.1 Å². The van der Waals surface area contributed by atoms with Crippen LogP contribution >= 0.6 is 0 Å². The second-order valence-corrected chi connectivity index (χ2v) is 7.92. The highest BCUT2D eigenvalue weighted by Gasteiger charge is 2.35. The number of carbonyl (C=O) groups excluding carboxylic acids is 1. The zero-order valence-electron chi connectivity index (χ0n) is 19.0. The Morgan fingerprint density at radius 3 is 2.67 bits per heavy atom. The molecule has 7 nitrogen and oxygen atoms in total. The van der Waals surface area contributed by atoms with Crippen LogP contribution in [0.2, 0.25) is 0 Å². The number of aromatic nitrogens is 2. The van der Waals surface area contributed by atoms with Crippen molar-refractivity contribution in [1.82, 2.24) is 20.4 Å². The van der Waals surface area contributed by atoms with Crippen LogP contribution in [0.25, 0.3) is 17.0 Å². The van der Waals surface area contributed by atoms with Crippen LogP contribution in [-0.2, 0) is 0 Å². The minimum atomic E-state index is -0.508. The first-order chi connectivity index (χ1) is 16.0. The van der Waals surface area contributed by atoms with Crippen LogP contribution < -0.4 is 10.1 Å². The molecule has 2 aromatic carbocycles. The predicted octanol–water partition coefficient (Wildman–Crippen LogP) is 5.57. The monoisotopic (exact) mass is 450 g/mol. The van der Waals surface area contributed by atoms with Crippen molar-refractivity contribution in [2.75, 3.05) is 13.7 Å². The molecule has 2 amide bonds. The molecular weight excluding hydrogens is 423 g/mol. The number of methoxy groups -OCH3 is 1. The Hall–Kier alpha value is -3.68. The van der Waals surface area contributed by atoms with E-state index in [1.165, 1.54) is 19.2 Å². The molecule has 0 saturated heterocycles. The Labute approximate surface area is 192 Å². The van der Waals surface area contributed by atoms with Gasteiger partial charge in [-0.2, -0.15) is 4.98 Å². The van der Waals surface area contributed by atoms with Crippen molar-refractivity contribution in [3.05, 3.63) is 71.5 Å². The van der Waals surface area contributed by atoms with Crippen LogP contribution in [0.1, 0.15) is 50.6 Å². The molecule has 1 aromatic heterocycles. The van der Waals surface area contributed by atoms with Crippen LogP contribution in [0.4, 0.5) is 9.18 Å². The van der Waals surface area contributed by atoms with Crippen molar-refractivity contribution in [2.45, 2.75) is 39.2 Å². The number of unbranched alkanes of at least 4 members (excludes halogenated alkanes) is 2. The Morgan fingerprint density at radius 2 is 1.97 bits per heavy atom. The van der Waals surface area contributed by atoms with Crippen molar-refractivity contribution in [2.24, 2.45) is 0 Å². The lowest BCUT2D eigenvalue weighted by atomic mass is 9.94. The second kappa shape index (κ2) is 9.85. The highest BCUT2D eigenvalue weighted by molar-refractivity contribution is 5.86. The third-order valence-corrected chi connectivity index (χ3v) is 5.78. The molecule has 1 aliphatic heterocycles. The predicted molar refractivity (Wildman–Crippen MR) is 123 cm³/mol. The van der Waals surface area contributed by atoms with E-state index in [1.54, 1.807) is 11.0 Å². The van der Waals surface area contributed by atoms with E-state index in [9.17, 15) is 9.18 Å². The summed E-state index contributed by atoms with van der Waals surface area (Å²) in [5.74, 6) is 0.176. The Balaban J connectivity index is 1.75. The summed E-state index contributed by atoms with van der Waals surface area (Å²) in [6.07, 6.45) is 2.98. The highest BCUT2D eigenvalue weighted by Crippen LogP contribution is 2.37. The molecule has 1 N–H and O–H groups in total. The average Bonchev–Trinajstić information content (AvgIpc) is 3.31. The number of nitrogens with one attached hydrogen (secondary N) is 1. The van der Waals surface area contributed by atoms with E-state index in [0.29, 0.717) is 12.1 Å². The summed E-state index contributed by atoms with van der Waals surface area (Å²) < 4.78 is 24.8. The Kier molecular flexibility index (Phi) is 6.72. The first-order valence-electron chi connectivity index (χ1n) is 11.0. The van der Waals surface area contributed by atoms with E-state index >= 15 is 0 Å². The van der Waals surface area contributed by atoms with Crippen LogP contribution in [0.15, 0.2) is 58.8 Å². The fourth-order valence-corrected chi connectivity index (χ4v) is 4.00. The lowest BCUT2D eigenvalue weighted by molar-refractivity contribution is 0.204. The number of benzene rings is 2. The number of allylic oxidation sites excluding steroid dienone is 1. The van der Waals surface area contributed by atoms with Crippen LogP contribution in [0.5, 0.6) is 5.75 Å². The maximum atomic E-state index is 14.2. The number of carbonyl (C=O) groups is 1. The molecule has 1 atom stereocenters. The lowest BCUT2D eigenvalue weighted by Gasteiger charge is -2.35. The number of hydrogen-bond acceptors (Lipinski definition) is 5. The zero-order valence-corrected chi connectivity index (χ0v) is 19.0. The van der Waals surface area contributed by atoms with Gasteiger partial charge in [0.25, 0.3) is 5.89 Å². The standard InChI is InChI=1S/C25H27FN4O3/c1-4-5-9-14-30-16(2)21(22(27-25(30)31)17-10-7-6-8-11-17)24-28-23(29-33-24)18-12-13-20(32-3)19(26)15-18/h6-8,10-13,15,22H,4-5,9,14H2,1-3H3,(H,27,31). The summed E-state index contributed by atoms with van der Waals surface area (Å²) >= 11 is 0. The molecule has 2 heterocycles. The number of rotatable bonds is 8. The van der Waals surface area contributed by atoms with E-state index in [0.717, 1.165) is 36.1 Å². The van der Waals surface area contributed by atoms with Crippen molar-refractivity contribution < 1.29 is 18.4 Å². The van der Waals surface area contributed by atoms with Crippen LogP contribution in [0.3, 0.4) is 0 Å². The molecule has 33 heavy (non-hydrogen) atoms. The molecular formula is C25H27FN4O3. The average molecular weight is 451 g/mol. The molecule has 0 radical (unpaired) electrons. The molecule has 0 spiro atoms. The number of nitrogens with zero attached hydrogens (tertiary/aromatic N) is 3. The van der Waals surface area contributed by atoms with E-state index in [1.807, 2.05) is 37.3 Å². The molecule has 0 saturated carbocycles. The number of ether oxygens (including phenoxy) is 1. The molecule has 0 bridgehead atoms. The quantitative estimate of drug-likeness (QED) is 0.454. The van der Waals surface area contributed by atoms with Gasteiger partial charge in [-0.25, -0.2) is 9.18 Å². The first kappa shape index (κ1) is 22.5. The molecule has 172 valence electrons. The van der Waals surface area contributed by atoms with Crippen LogP contribution in [0, 0.1) is 5.82 Å². The van der Waals surface area contributed by atoms with Gasteiger partial charge in [0.1, 0.15) is 0 Å². The largest absolute Gasteiger partial charge is 0.494 e. The lowest BCUT2D eigenvalue weighted by Crippen LogP contribution is -2.46. The molecule has 1 unspecified atom stereocenters. The van der Waals surface area contributed by atoms with Gasteiger partial charge in [-0.3, -0.25) is 4.90 Å². The fraction of sp³-hybridized carbons (Fsp3) is 0.320. The van der Waals surface area contributed by atoms with Gasteiger partial charge in [-0.05, 0) is 37.1 Å². The molecule has 8 heteroatoms. The molecule has 4 rings (SSSR count). The van der Waals surface area contributed by atoms with E-state index in [2.05, 4.69) is 22.4 Å². The molecule has 3 aromatic rings. The van der Waals surface area contributed by atoms with E-state index < -0.39 is 11.9 Å². The van der Waals surface area contributed by atoms with E-state index in [4.69, 9.17) is 9.26 Å². The maximum absolute atomic E-state index is 14.2. The summed E-state index contributed by atoms with van der Waals surface area (Å²) in [6.45, 7) is 4.62. The number of hydrogen-bond donors (Lipinski definition) is 1. The summed E-state index contributed by atoms with van der Waals surface area (Å²) in [4.78, 5) is 19.2. The summed E-state index contributed by atoms with van der Waals surface area (Å²) in [6, 6.07) is 13.6. The van der Waals surface area contributed by atoms with Gasteiger partial charge in [0.05, 0.1) is 18.7 Å². The third kappa shape index (κ3) is 4.60. The smallest absolute Gasteiger partial charge is 0.322 e. The zero-order chi connectivity index (χ0) is 23.4. The van der Waals surface area contributed by atoms with Gasteiger partial charge in [0.15, 0.2) is 11.6 Å². The van der Waals surface area contributed by atoms with Gasteiger partial charge >= 0.3 is 6.03 Å². The highest BCUT2D eigenvalue weighted by atomic mass is 19.1. The molecule has 1 aliphatic rings.